The number of nitrogens with zero attached hydrogens (tertiary/aromatic N) is 3. The van der Waals surface area contributed by atoms with Gasteiger partial charge in [-0.05, 0) is 17.0 Å². The molecule has 0 spiro atoms. The van der Waals surface area contributed by atoms with E-state index in [1.807, 2.05) is 32.9 Å². The predicted octanol–water partition coefficient (Wildman–Crippen LogP) is 3.31. The zero-order chi connectivity index (χ0) is 15.8. The van der Waals surface area contributed by atoms with E-state index in [-0.39, 0.29) is 5.41 Å². The summed E-state index contributed by atoms with van der Waals surface area (Å²) in [5.74, 6) is -2.00. The second-order valence-electron chi connectivity index (χ2n) is 5.64. The summed E-state index contributed by atoms with van der Waals surface area (Å²) in [6.45, 7) is 5.93. The quantitative estimate of drug-likeness (QED) is 0.799. The Kier molecular flexibility index (Phi) is 3.61. The number of alkyl halides is 3. The van der Waals surface area contributed by atoms with Gasteiger partial charge in [-0.25, -0.2) is 4.68 Å². The normalized spacial score (nSPS) is 12.5. The molecule has 0 unspecified atom stereocenters. The third-order valence-electron chi connectivity index (χ3n) is 2.94. The fourth-order valence-corrected chi connectivity index (χ4v) is 1.94. The highest BCUT2D eigenvalue weighted by molar-refractivity contribution is 5.98. The summed E-state index contributed by atoms with van der Waals surface area (Å²) < 4.78 is 38.4. The summed E-state index contributed by atoms with van der Waals surface area (Å²) in [4.78, 5) is 11.2. The second-order valence-corrected chi connectivity index (χ2v) is 5.64. The maximum Gasteiger partial charge on any atom is 0.456 e. The van der Waals surface area contributed by atoms with Crippen molar-refractivity contribution in [3.8, 4) is 5.69 Å². The lowest BCUT2D eigenvalue weighted by Crippen LogP contribution is -2.23. The molecule has 7 heteroatoms. The monoisotopic (exact) mass is 297 g/mol. The van der Waals surface area contributed by atoms with Gasteiger partial charge in [-0.15, -0.1) is 5.10 Å². The number of benzene rings is 1. The molecule has 0 aliphatic heterocycles. The Hall–Kier alpha value is -2.18. The van der Waals surface area contributed by atoms with Gasteiger partial charge in [-0.3, -0.25) is 4.79 Å². The van der Waals surface area contributed by atoms with Crippen LogP contribution in [0, 0.1) is 0 Å². The first-order chi connectivity index (χ1) is 9.60. The second kappa shape index (κ2) is 4.98. The molecular formula is C14H14F3N3O. The Morgan fingerprint density at radius 3 is 2.33 bits per heavy atom. The molecule has 21 heavy (non-hydrogen) atoms. The molecule has 0 aliphatic carbocycles. The highest BCUT2D eigenvalue weighted by Crippen LogP contribution is 2.28. The van der Waals surface area contributed by atoms with Crippen LogP contribution in [0.2, 0.25) is 0 Å². The zero-order valence-electron chi connectivity index (χ0n) is 11.8. The topological polar surface area (TPSA) is 47.8 Å². The van der Waals surface area contributed by atoms with Crippen molar-refractivity contribution in [1.82, 2.24) is 15.0 Å². The molecular weight excluding hydrogens is 283 g/mol. The van der Waals surface area contributed by atoms with E-state index in [4.69, 9.17) is 0 Å². The van der Waals surface area contributed by atoms with Gasteiger partial charge < -0.3 is 0 Å². The van der Waals surface area contributed by atoms with E-state index >= 15 is 0 Å². The number of rotatable bonds is 2. The molecule has 0 aliphatic rings. The van der Waals surface area contributed by atoms with Crippen LogP contribution in [-0.4, -0.2) is 27.0 Å². The number of halogens is 3. The van der Waals surface area contributed by atoms with Crippen molar-refractivity contribution in [2.24, 2.45) is 0 Å². The fraction of sp³-hybridized carbons (Fsp3) is 0.357. The first-order valence-corrected chi connectivity index (χ1v) is 6.24. The van der Waals surface area contributed by atoms with Crippen LogP contribution in [-0.2, 0) is 5.41 Å². The van der Waals surface area contributed by atoms with E-state index in [9.17, 15) is 18.0 Å². The standard InChI is InChI=1S/C14H14F3N3O/c1-13(2,3)9-6-4-5-7-11(9)20-8-10(18-19-20)12(21)14(15,16)17/h4-8H,1-3H3. The number of aromatic nitrogens is 3. The van der Waals surface area contributed by atoms with Gasteiger partial charge in [-0.2, -0.15) is 13.2 Å². The van der Waals surface area contributed by atoms with E-state index in [1.165, 1.54) is 4.68 Å². The smallest absolute Gasteiger partial charge is 0.282 e. The number of ketones is 1. The first kappa shape index (κ1) is 15.2. The van der Waals surface area contributed by atoms with Crippen LogP contribution in [0.4, 0.5) is 13.2 Å². The molecule has 112 valence electrons. The molecule has 1 aromatic carbocycles. The largest absolute Gasteiger partial charge is 0.456 e. The van der Waals surface area contributed by atoms with Gasteiger partial charge in [0.25, 0.3) is 5.78 Å². The summed E-state index contributed by atoms with van der Waals surface area (Å²) in [7, 11) is 0. The van der Waals surface area contributed by atoms with E-state index in [0.29, 0.717) is 5.69 Å². The Balaban J connectivity index is 2.47. The Morgan fingerprint density at radius 1 is 1.14 bits per heavy atom. The fourth-order valence-electron chi connectivity index (χ4n) is 1.94. The maximum absolute atomic E-state index is 12.4. The minimum atomic E-state index is -4.95. The van der Waals surface area contributed by atoms with E-state index in [2.05, 4.69) is 10.3 Å². The van der Waals surface area contributed by atoms with Crippen molar-refractivity contribution >= 4 is 5.78 Å². The van der Waals surface area contributed by atoms with Crippen molar-refractivity contribution in [3.05, 3.63) is 41.7 Å². The van der Waals surface area contributed by atoms with Crippen LogP contribution in [0.25, 0.3) is 5.69 Å². The average molecular weight is 297 g/mol. The third kappa shape index (κ3) is 3.12. The first-order valence-electron chi connectivity index (χ1n) is 6.24. The molecule has 0 atom stereocenters. The lowest BCUT2D eigenvalue weighted by molar-refractivity contribution is -0.0888. The van der Waals surface area contributed by atoms with Gasteiger partial charge in [-0.1, -0.05) is 44.2 Å². The highest BCUT2D eigenvalue weighted by Gasteiger charge is 2.41. The summed E-state index contributed by atoms with van der Waals surface area (Å²) in [6.07, 6.45) is -3.95. The number of carbonyl (C=O) groups is 1. The van der Waals surface area contributed by atoms with Crippen molar-refractivity contribution < 1.29 is 18.0 Å². The number of hydrogen-bond acceptors (Lipinski definition) is 3. The summed E-state index contributed by atoms with van der Waals surface area (Å²) in [6, 6.07) is 7.17. The predicted molar refractivity (Wildman–Crippen MR) is 70.4 cm³/mol. The van der Waals surface area contributed by atoms with Crippen LogP contribution in [0.1, 0.15) is 36.8 Å². The number of carbonyl (C=O) groups excluding carboxylic acids is 1. The van der Waals surface area contributed by atoms with Crippen LogP contribution in [0.15, 0.2) is 30.5 Å². The molecule has 1 aromatic heterocycles. The number of Topliss-reactive ketones (excluding diaryl/α,β-unsaturated/α-hetero) is 1. The van der Waals surface area contributed by atoms with Crippen LogP contribution in [0.5, 0.6) is 0 Å². The van der Waals surface area contributed by atoms with E-state index in [0.717, 1.165) is 11.8 Å². The molecule has 0 bridgehead atoms. The Bertz CT molecular complexity index is 669. The zero-order valence-corrected chi connectivity index (χ0v) is 11.8. The van der Waals surface area contributed by atoms with Crippen molar-refractivity contribution in [2.75, 3.05) is 0 Å². The number of para-hydroxylation sites is 1. The van der Waals surface area contributed by atoms with E-state index in [1.54, 1.807) is 12.1 Å². The molecule has 0 radical (unpaired) electrons. The summed E-state index contributed by atoms with van der Waals surface area (Å²) in [5, 5.41) is 6.97. The molecule has 2 aromatic rings. The highest BCUT2D eigenvalue weighted by atomic mass is 19.4. The van der Waals surface area contributed by atoms with Gasteiger partial charge in [0.15, 0.2) is 5.69 Å². The van der Waals surface area contributed by atoms with Crippen molar-refractivity contribution in [1.29, 1.82) is 0 Å². The molecule has 1 heterocycles. The van der Waals surface area contributed by atoms with Gasteiger partial charge in [0.2, 0.25) is 0 Å². The summed E-state index contributed by atoms with van der Waals surface area (Å²) in [5.41, 5.74) is 0.544. The Labute approximate surface area is 119 Å². The lowest BCUT2D eigenvalue weighted by atomic mass is 9.86. The van der Waals surface area contributed by atoms with Gasteiger partial charge in [0.1, 0.15) is 0 Å². The van der Waals surface area contributed by atoms with E-state index < -0.39 is 17.7 Å². The lowest BCUT2D eigenvalue weighted by Gasteiger charge is -2.22. The minimum Gasteiger partial charge on any atom is -0.282 e. The van der Waals surface area contributed by atoms with Crippen molar-refractivity contribution in [3.63, 3.8) is 0 Å². The molecule has 0 saturated heterocycles. The average Bonchev–Trinajstić information content (AvgIpc) is 2.85. The van der Waals surface area contributed by atoms with Crippen molar-refractivity contribution in [2.45, 2.75) is 32.4 Å². The third-order valence-corrected chi connectivity index (χ3v) is 2.94. The molecule has 4 nitrogen and oxygen atoms in total. The molecule has 0 fully saturated rings. The molecule has 0 saturated carbocycles. The van der Waals surface area contributed by atoms with Crippen LogP contribution < -0.4 is 0 Å². The molecule has 0 N–H and O–H groups in total. The summed E-state index contributed by atoms with van der Waals surface area (Å²) >= 11 is 0. The van der Waals surface area contributed by atoms with Crippen LogP contribution >= 0.6 is 0 Å². The molecule has 2 rings (SSSR count). The maximum atomic E-state index is 12.4. The SMILES string of the molecule is CC(C)(C)c1ccccc1-n1cc(C(=O)C(F)(F)F)nn1. The van der Waals surface area contributed by atoms with Gasteiger partial charge in [0, 0.05) is 0 Å². The number of hydrogen-bond donors (Lipinski definition) is 0. The van der Waals surface area contributed by atoms with Crippen LogP contribution in [0.3, 0.4) is 0 Å². The van der Waals surface area contributed by atoms with Gasteiger partial charge in [0.05, 0.1) is 11.9 Å². The Morgan fingerprint density at radius 2 is 1.76 bits per heavy atom. The van der Waals surface area contributed by atoms with Gasteiger partial charge >= 0.3 is 6.18 Å². The minimum absolute atomic E-state index is 0.225. The molecule has 0 amide bonds.